The third-order valence-electron chi connectivity index (χ3n) is 6.37. The van der Waals surface area contributed by atoms with Crippen LogP contribution in [0.4, 0.5) is 5.69 Å². The Hall–Kier alpha value is -4.96. The van der Waals surface area contributed by atoms with E-state index in [0.717, 1.165) is 44.2 Å². The lowest BCUT2D eigenvalue weighted by Gasteiger charge is -2.12. The van der Waals surface area contributed by atoms with Gasteiger partial charge in [-0.05, 0) is 60.8 Å². The molecular formula is C33H24N2O2. The van der Waals surface area contributed by atoms with Crippen LogP contribution in [0.5, 0.6) is 11.5 Å². The van der Waals surface area contributed by atoms with Gasteiger partial charge in [0.2, 0.25) is 0 Å². The van der Waals surface area contributed by atoms with Crippen molar-refractivity contribution in [2.45, 2.75) is 6.92 Å². The normalized spacial score (nSPS) is 10.9. The molecule has 1 heterocycles. The van der Waals surface area contributed by atoms with E-state index in [9.17, 15) is 4.79 Å². The molecule has 0 aliphatic carbocycles. The minimum absolute atomic E-state index is 0.182. The van der Waals surface area contributed by atoms with Gasteiger partial charge in [0, 0.05) is 22.0 Å². The number of carbonyl (C=O) groups excluding carboxylic acids is 1. The second-order valence-electron chi connectivity index (χ2n) is 9.00. The minimum atomic E-state index is -0.182. The van der Waals surface area contributed by atoms with Gasteiger partial charge in [-0.25, -0.2) is 4.98 Å². The zero-order valence-electron chi connectivity index (χ0n) is 20.3. The molecule has 0 atom stereocenters. The molecule has 4 nitrogen and oxygen atoms in total. The molecule has 0 aliphatic rings. The van der Waals surface area contributed by atoms with Gasteiger partial charge in [0.05, 0.1) is 16.8 Å². The molecule has 1 amide bonds. The van der Waals surface area contributed by atoms with Gasteiger partial charge in [-0.15, -0.1) is 0 Å². The predicted octanol–water partition coefficient (Wildman–Crippen LogP) is 8.41. The quantitative estimate of drug-likeness (QED) is 0.269. The van der Waals surface area contributed by atoms with E-state index < -0.39 is 0 Å². The topological polar surface area (TPSA) is 51.2 Å². The molecule has 0 saturated carbocycles. The summed E-state index contributed by atoms with van der Waals surface area (Å²) in [5, 5.41) is 6.05. The molecule has 1 N–H and O–H groups in total. The predicted molar refractivity (Wildman–Crippen MR) is 150 cm³/mol. The van der Waals surface area contributed by atoms with Crippen molar-refractivity contribution in [1.82, 2.24) is 4.98 Å². The number of rotatable bonds is 5. The van der Waals surface area contributed by atoms with E-state index in [2.05, 4.69) is 17.4 Å². The fraction of sp³-hybridized carbons (Fsp3) is 0.0303. The molecule has 5 aromatic carbocycles. The maximum absolute atomic E-state index is 13.5. The van der Waals surface area contributed by atoms with Gasteiger partial charge < -0.3 is 10.1 Å². The number of nitrogens with one attached hydrogen (secondary N) is 1. The summed E-state index contributed by atoms with van der Waals surface area (Å²) in [6.07, 6.45) is 0. The monoisotopic (exact) mass is 480 g/mol. The number of nitrogens with zero attached hydrogens (tertiary/aromatic N) is 1. The summed E-state index contributed by atoms with van der Waals surface area (Å²) in [4.78, 5) is 18.3. The number of pyridine rings is 1. The summed E-state index contributed by atoms with van der Waals surface area (Å²) in [7, 11) is 0. The van der Waals surface area contributed by atoms with Gasteiger partial charge in [-0.1, -0.05) is 78.4 Å². The summed E-state index contributed by atoms with van der Waals surface area (Å²) < 4.78 is 6.15. The smallest absolute Gasteiger partial charge is 0.256 e. The van der Waals surface area contributed by atoms with Crippen molar-refractivity contribution in [3.63, 3.8) is 0 Å². The Labute approximate surface area is 215 Å². The fourth-order valence-electron chi connectivity index (χ4n) is 4.50. The molecule has 0 saturated heterocycles. The highest BCUT2D eigenvalue weighted by molar-refractivity contribution is 6.13. The zero-order chi connectivity index (χ0) is 25.2. The average Bonchev–Trinajstić information content (AvgIpc) is 2.94. The molecule has 0 spiro atoms. The molecular weight excluding hydrogens is 456 g/mol. The highest BCUT2D eigenvalue weighted by Crippen LogP contribution is 2.31. The number of fused-ring (bicyclic) bond motifs is 2. The fourth-order valence-corrected chi connectivity index (χ4v) is 4.50. The molecule has 6 rings (SSSR count). The number of carbonyl (C=O) groups is 1. The summed E-state index contributed by atoms with van der Waals surface area (Å²) in [6, 6.07) is 39.3. The van der Waals surface area contributed by atoms with Gasteiger partial charge in [-0.2, -0.15) is 0 Å². The van der Waals surface area contributed by atoms with E-state index in [1.807, 2.05) is 116 Å². The molecule has 0 radical (unpaired) electrons. The first-order valence-corrected chi connectivity index (χ1v) is 12.2. The second-order valence-corrected chi connectivity index (χ2v) is 9.00. The Kier molecular flexibility index (Phi) is 5.83. The van der Waals surface area contributed by atoms with Crippen LogP contribution in [-0.2, 0) is 0 Å². The Bertz CT molecular complexity index is 1740. The molecule has 0 unspecified atom stereocenters. The molecule has 0 bridgehead atoms. The number of benzene rings is 5. The molecule has 0 fully saturated rings. The second kappa shape index (κ2) is 9.59. The van der Waals surface area contributed by atoms with E-state index in [1.165, 1.54) is 0 Å². The Morgan fingerprint density at radius 3 is 2.32 bits per heavy atom. The highest BCUT2D eigenvalue weighted by atomic mass is 16.5. The van der Waals surface area contributed by atoms with Crippen LogP contribution in [0.2, 0.25) is 0 Å². The SMILES string of the molecule is Cc1ccc2nc(-c3ccccc3)cc(C(=O)Nc3ccc(Oc4cccc5ccccc45)cc3)c2c1. The van der Waals surface area contributed by atoms with Crippen molar-refractivity contribution in [3.05, 3.63) is 132 Å². The molecule has 1 aromatic heterocycles. The van der Waals surface area contributed by atoms with Gasteiger partial charge in [0.1, 0.15) is 11.5 Å². The van der Waals surface area contributed by atoms with E-state index in [0.29, 0.717) is 17.0 Å². The Balaban J connectivity index is 1.28. The van der Waals surface area contributed by atoms with Crippen molar-refractivity contribution in [2.24, 2.45) is 0 Å². The lowest BCUT2D eigenvalue weighted by Crippen LogP contribution is -2.13. The summed E-state index contributed by atoms with van der Waals surface area (Å²) in [5.41, 5.74) is 4.87. The maximum atomic E-state index is 13.5. The average molecular weight is 481 g/mol. The van der Waals surface area contributed by atoms with Crippen molar-refractivity contribution in [3.8, 4) is 22.8 Å². The van der Waals surface area contributed by atoms with Gasteiger partial charge in [0.15, 0.2) is 0 Å². The van der Waals surface area contributed by atoms with Crippen LogP contribution in [0.25, 0.3) is 32.9 Å². The van der Waals surface area contributed by atoms with Crippen molar-refractivity contribution >= 4 is 33.3 Å². The van der Waals surface area contributed by atoms with Crippen LogP contribution < -0.4 is 10.1 Å². The Morgan fingerprint density at radius 2 is 1.49 bits per heavy atom. The highest BCUT2D eigenvalue weighted by Gasteiger charge is 2.15. The number of amides is 1. The lowest BCUT2D eigenvalue weighted by molar-refractivity contribution is 0.102. The third kappa shape index (κ3) is 4.65. The molecule has 0 aliphatic heterocycles. The van der Waals surface area contributed by atoms with Crippen LogP contribution in [-0.4, -0.2) is 10.9 Å². The number of aromatic nitrogens is 1. The standard InChI is InChI=1S/C33H24N2O2/c1-22-14-19-30-28(20-22)29(21-31(35-30)24-9-3-2-4-10-24)33(36)34-25-15-17-26(18-16-25)37-32-13-7-11-23-8-5-6-12-27(23)32/h2-21H,1H3,(H,34,36). The number of hydrogen-bond acceptors (Lipinski definition) is 3. The lowest BCUT2D eigenvalue weighted by atomic mass is 10.0. The van der Waals surface area contributed by atoms with Crippen LogP contribution in [0, 0.1) is 6.92 Å². The van der Waals surface area contributed by atoms with Crippen LogP contribution in [0.15, 0.2) is 121 Å². The third-order valence-corrected chi connectivity index (χ3v) is 6.37. The zero-order valence-corrected chi connectivity index (χ0v) is 20.3. The summed E-state index contributed by atoms with van der Waals surface area (Å²) in [6.45, 7) is 2.01. The van der Waals surface area contributed by atoms with Crippen LogP contribution >= 0.6 is 0 Å². The first-order chi connectivity index (χ1) is 18.1. The number of anilines is 1. The molecule has 6 aromatic rings. The van der Waals surface area contributed by atoms with Gasteiger partial charge in [0.25, 0.3) is 5.91 Å². The molecule has 4 heteroatoms. The maximum Gasteiger partial charge on any atom is 0.256 e. The molecule has 37 heavy (non-hydrogen) atoms. The van der Waals surface area contributed by atoms with Gasteiger partial charge >= 0.3 is 0 Å². The number of ether oxygens (including phenoxy) is 1. The number of aryl methyl sites for hydroxylation is 1. The van der Waals surface area contributed by atoms with E-state index in [1.54, 1.807) is 0 Å². The number of hydrogen-bond donors (Lipinski definition) is 1. The summed E-state index contributed by atoms with van der Waals surface area (Å²) >= 11 is 0. The van der Waals surface area contributed by atoms with Crippen molar-refractivity contribution in [1.29, 1.82) is 0 Å². The Morgan fingerprint density at radius 1 is 0.730 bits per heavy atom. The first-order valence-electron chi connectivity index (χ1n) is 12.2. The van der Waals surface area contributed by atoms with E-state index in [4.69, 9.17) is 9.72 Å². The largest absolute Gasteiger partial charge is 0.457 e. The van der Waals surface area contributed by atoms with Crippen molar-refractivity contribution < 1.29 is 9.53 Å². The summed E-state index contributed by atoms with van der Waals surface area (Å²) in [5.74, 6) is 1.31. The first kappa shape index (κ1) is 22.5. The van der Waals surface area contributed by atoms with E-state index >= 15 is 0 Å². The minimum Gasteiger partial charge on any atom is -0.457 e. The van der Waals surface area contributed by atoms with Crippen LogP contribution in [0.1, 0.15) is 15.9 Å². The van der Waals surface area contributed by atoms with Crippen LogP contribution in [0.3, 0.4) is 0 Å². The molecule has 178 valence electrons. The van der Waals surface area contributed by atoms with Crippen molar-refractivity contribution in [2.75, 3.05) is 5.32 Å². The van der Waals surface area contributed by atoms with E-state index in [-0.39, 0.29) is 5.91 Å². The van der Waals surface area contributed by atoms with Gasteiger partial charge in [-0.3, -0.25) is 4.79 Å².